The molecule has 0 aromatic heterocycles. The second kappa shape index (κ2) is 8.43. The van der Waals surface area contributed by atoms with Gasteiger partial charge in [-0.2, -0.15) is 0 Å². The largest absolute Gasteiger partial charge is 0.414 e. The van der Waals surface area contributed by atoms with Gasteiger partial charge in [-0.15, -0.1) is 0 Å². The third-order valence-corrected chi connectivity index (χ3v) is 16.5. The van der Waals surface area contributed by atoms with Crippen molar-refractivity contribution in [3.05, 3.63) is 0 Å². The molecule has 0 aromatic carbocycles. The van der Waals surface area contributed by atoms with Crippen LogP contribution in [0.5, 0.6) is 0 Å². The Bertz CT molecular complexity index is 544. The Morgan fingerprint density at radius 1 is 1.00 bits per heavy atom. The Hall–Kier alpha value is -0.326. The van der Waals surface area contributed by atoms with E-state index in [1.165, 1.54) is 6.92 Å². The van der Waals surface area contributed by atoms with Crippen molar-refractivity contribution in [1.82, 2.24) is 5.32 Å². The zero-order valence-corrected chi connectivity index (χ0v) is 20.8. The number of ether oxygens (including phenoxy) is 1. The summed E-state index contributed by atoms with van der Waals surface area (Å²) in [5.41, 5.74) is -1.08. The van der Waals surface area contributed by atoms with E-state index in [1.54, 1.807) is 0 Å². The van der Waals surface area contributed by atoms with Crippen LogP contribution in [0.3, 0.4) is 0 Å². The molecular formula is C19H39FN2O4Si2. The average Bonchev–Trinajstić information content (AvgIpc) is 2.77. The van der Waals surface area contributed by atoms with Crippen molar-refractivity contribution in [2.45, 2.75) is 109 Å². The summed E-state index contributed by atoms with van der Waals surface area (Å²) in [6, 6.07) is 0. The van der Waals surface area contributed by atoms with Crippen LogP contribution in [0.1, 0.15) is 62.3 Å². The van der Waals surface area contributed by atoms with E-state index >= 15 is 4.39 Å². The SMILES string of the molecule is CC(C)[Si]1(C(C)C)OC[C@H]2O[C@@H](NC=N)[C@](C)(F)[C@@H]2O[Si](C(C)C)(C(C)C)O1. The first-order chi connectivity index (χ1) is 12.8. The van der Waals surface area contributed by atoms with E-state index in [1.807, 2.05) is 0 Å². The van der Waals surface area contributed by atoms with Crippen molar-refractivity contribution in [3.8, 4) is 0 Å². The summed E-state index contributed by atoms with van der Waals surface area (Å²) in [7, 11) is -5.53. The van der Waals surface area contributed by atoms with Gasteiger partial charge in [0.25, 0.3) is 0 Å². The minimum atomic E-state index is -2.88. The van der Waals surface area contributed by atoms with Crippen LogP contribution in [-0.4, -0.2) is 54.2 Å². The van der Waals surface area contributed by atoms with E-state index < -0.39 is 41.2 Å². The van der Waals surface area contributed by atoms with Crippen LogP contribution in [0, 0.1) is 5.41 Å². The minimum Gasteiger partial charge on any atom is -0.414 e. The summed E-state index contributed by atoms with van der Waals surface area (Å²) in [5, 5.41) is 10.00. The number of hydrogen-bond donors (Lipinski definition) is 2. The van der Waals surface area contributed by atoms with Gasteiger partial charge in [-0.05, 0) is 29.1 Å². The van der Waals surface area contributed by atoms with Crippen molar-refractivity contribution in [2.24, 2.45) is 0 Å². The molecule has 164 valence electrons. The Kier molecular flexibility index (Phi) is 7.21. The second-order valence-electron chi connectivity index (χ2n) is 9.53. The molecule has 28 heavy (non-hydrogen) atoms. The minimum absolute atomic E-state index is 0.129. The van der Waals surface area contributed by atoms with Gasteiger partial charge in [-0.3, -0.25) is 5.41 Å². The molecule has 6 nitrogen and oxygen atoms in total. The third kappa shape index (κ3) is 3.86. The zero-order chi connectivity index (χ0) is 21.5. The highest BCUT2D eigenvalue weighted by atomic mass is 28.5. The van der Waals surface area contributed by atoms with E-state index in [9.17, 15) is 0 Å². The fraction of sp³-hybridized carbons (Fsp3) is 0.947. The van der Waals surface area contributed by atoms with Crippen LogP contribution in [0.15, 0.2) is 0 Å². The van der Waals surface area contributed by atoms with E-state index in [0.29, 0.717) is 0 Å². The molecule has 0 aliphatic carbocycles. The van der Waals surface area contributed by atoms with Gasteiger partial charge in [0.1, 0.15) is 12.2 Å². The number of nitrogens with one attached hydrogen (secondary N) is 2. The van der Waals surface area contributed by atoms with Crippen molar-refractivity contribution in [3.63, 3.8) is 0 Å². The fourth-order valence-corrected chi connectivity index (χ4v) is 15.9. The van der Waals surface area contributed by atoms with E-state index in [0.717, 1.165) is 6.34 Å². The van der Waals surface area contributed by atoms with Crippen molar-refractivity contribution in [2.75, 3.05) is 6.61 Å². The van der Waals surface area contributed by atoms with Gasteiger partial charge >= 0.3 is 17.1 Å². The summed E-state index contributed by atoms with van der Waals surface area (Å²) in [6.07, 6.45) is -1.31. The van der Waals surface area contributed by atoms with Crippen LogP contribution in [-0.2, 0) is 17.7 Å². The monoisotopic (exact) mass is 434 g/mol. The summed E-state index contributed by atoms with van der Waals surface area (Å²) in [5.74, 6) is 0. The van der Waals surface area contributed by atoms with Gasteiger partial charge in [-0.1, -0.05) is 55.4 Å². The van der Waals surface area contributed by atoms with Crippen molar-refractivity contribution in [1.29, 1.82) is 5.41 Å². The molecule has 2 aliphatic rings. The molecular weight excluding hydrogens is 395 g/mol. The smallest absolute Gasteiger partial charge is 0.335 e. The van der Waals surface area contributed by atoms with Crippen LogP contribution >= 0.6 is 0 Å². The molecule has 2 heterocycles. The number of fused-ring (bicyclic) bond motifs is 1. The molecule has 2 N–H and O–H groups in total. The van der Waals surface area contributed by atoms with Gasteiger partial charge < -0.3 is 23.0 Å². The highest BCUT2D eigenvalue weighted by molar-refractivity contribution is 6.84. The van der Waals surface area contributed by atoms with Crippen LogP contribution in [0.4, 0.5) is 4.39 Å². The lowest BCUT2D eigenvalue weighted by Crippen LogP contribution is -2.66. The zero-order valence-electron chi connectivity index (χ0n) is 18.8. The molecule has 2 rings (SSSR count). The molecule has 4 atom stereocenters. The maximum atomic E-state index is 15.8. The Balaban J connectivity index is 2.58. The predicted molar refractivity (Wildman–Crippen MR) is 114 cm³/mol. The summed E-state index contributed by atoms with van der Waals surface area (Å²) >= 11 is 0. The quantitative estimate of drug-likeness (QED) is 0.363. The number of hydrogen-bond acceptors (Lipinski definition) is 5. The van der Waals surface area contributed by atoms with Gasteiger partial charge in [0, 0.05) is 0 Å². The van der Waals surface area contributed by atoms with E-state index in [2.05, 4.69) is 60.7 Å². The molecule has 0 saturated carbocycles. The van der Waals surface area contributed by atoms with Crippen molar-refractivity contribution < 1.29 is 22.1 Å². The molecule has 0 bridgehead atoms. The van der Waals surface area contributed by atoms with Gasteiger partial charge in [0.15, 0.2) is 11.9 Å². The second-order valence-corrected chi connectivity index (χ2v) is 18.4. The Labute approximate surface area is 171 Å². The third-order valence-electron chi connectivity index (χ3n) is 6.27. The van der Waals surface area contributed by atoms with Crippen LogP contribution in [0.25, 0.3) is 0 Å². The lowest BCUT2D eigenvalue weighted by molar-refractivity contribution is -0.0407. The standard InChI is InChI=1S/C19H39FN2O4Si2/c1-12(2)27(13(3)4)23-10-16-17(19(9,20)18(24-16)22-11-21)25-28(26-27,14(5)6)15(7)8/h11-18H,10H2,1-9H3,(H2,21,22)/t16-,17-,18-,19-/m1/s1. The summed E-state index contributed by atoms with van der Waals surface area (Å²) < 4.78 is 42.1. The van der Waals surface area contributed by atoms with Crippen LogP contribution < -0.4 is 5.32 Å². The highest BCUT2D eigenvalue weighted by Crippen LogP contribution is 2.49. The van der Waals surface area contributed by atoms with E-state index in [-0.39, 0.29) is 28.8 Å². The van der Waals surface area contributed by atoms with Crippen LogP contribution in [0.2, 0.25) is 22.2 Å². The molecule has 0 amide bonds. The van der Waals surface area contributed by atoms with Gasteiger partial charge in [0.2, 0.25) is 0 Å². The Morgan fingerprint density at radius 2 is 1.50 bits per heavy atom. The summed E-state index contributed by atoms with van der Waals surface area (Å²) in [6.45, 7) is 18.8. The summed E-state index contributed by atoms with van der Waals surface area (Å²) in [4.78, 5) is 0. The maximum Gasteiger partial charge on any atom is 0.335 e. The first-order valence-corrected chi connectivity index (χ1v) is 14.4. The van der Waals surface area contributed by atoms with Gasteiger partial charge in [-0.25, -0.2) is 4.39 Å². The number of rotatable bonds is 6. The first kappa shape index (κ1) is 23.9. The fourth-order valence-electron chi connectivity index (χ4n) is 4.61. The normalized spacial score (nSPS) is 35.1. The molecule has 2 aliphatic heterocycles. The molecule has 0 unspecified atom stereocenters. The molecule has 0 spiro atoms. The molecule has 2 saturated heterocycles. The first-order valence-electron chi connectivity index (χ1n) is 10.5. The maximum absolute atomic E-state index is 15.8. The lowest BCUT2D eigenvalue weighted by atomic mass is 9.99. The lowest BCUT2D eigenvalue weighted by Gasteiger charge is -2.51. The van der Waals surface area contributed by atoms with Crippen molar-refractivity contribution >= 4 is 23.5 Å². The van der Waals surface area contributed by atoms with Gasteiger partial charge in [0.05, 0.1) is 12.9 Å². The molecule has 9 heteroatoms. The highest BCUT2D eigenvalue weighted by Gasteiger charge is 2.64. The topological polar surface area (TPSA) is 72.8 Å². The Morgan fingerprint density at radius 3 is 1.93 bits per heavy atom. The number of alkyl halides is 1. The predicted octanol–water partition coefficient (Wildman–Crippen LogP) is 4.59. The molecule has 0 radical (unpaired) electrons. The number of halogens is 1. The molecule has 0 aromatic rings. The molecule has 2 fully saturated rings. The van der Waals surface area contributed by atoms with E-state index in [4.69, 9.17) is 23.1 Å². The average molecular weight is 435 g/mol.